The molecule has 0 unspecified atom stereocenters. The summed E-state index contributed by atoms with van der Waals surface area (Å²) in [5, 5.41) is 3.05. The summed E-state index contributed by atoms with van der Waals surface area (Å²) in [6.45, 7) is 0.394. The first-order chi connectivity index (χ1) is 9.70. The van der Waals surface area contributed by atoms with Crippen molar-refractivity contribution in [2.75, 3.05) is 11.9 Å². The van der Waals surface area contributed by atoms with Gasteiger partial charge in [-0.05, 0) is 30.7 Å². The molecule has 0 saturated carbocycles. The third kappa shape index (κ3) is 3.69. The summed E-state index contributed by atoms with van der Waals surface area (Å²) in [5.74, 6) is 1.10. The van der Waals surface area contributed by atoms with E-state index in [-0.39, 0.29) is 6.54 Å². The fourth-order valence-electron chi connectivity index (χ4n) is 1.73. The van der Waals surface area contributed by atoms with Gasteiger partial charge >= 0.3 is 6.55 Å². The minimum absolute atomic E-state index is 0.243. The number of alkyl halides is 2. The number of hydrogen-bond acceptors (Lipinski definition) is 3. The van der Waals surface area contributed by atoms with Gasteiger partial charge in [0, 0.05) is 18.1 Å². The van der Waals surface area contributed by atoms with Crippen LogP contribution in [0.4, 0.5) is 14.5 Å². The zero-order valence-corrected chi connectivity index (χ0v) is 11.2. The average Bonchev–Trinajstić information content (AvgIpc) is 2.92. The molecule has 0 fully saturated rings. The second-order valence-electron chi connectivity index (χ2n) is 4.25. The molecule has 20 heavy (non-hydrogen) atoms. The van der Waals surface area contributed by atoms with E-state index in [1.165, 1.54) is 12.4 Å². The molecular weight excluding hydrogens is 264 g/mol. The average molecular weight is 281 g/mol. The Morgan fingerprint density at radius 1 is 1.30 bits per heavy atom. The Morgan fingerprint density at radius 3 is 2.70 bits per heavy atom. The van der Waals surface area contributed by atoms with Crippen LogP contribution in [0.25, 0.3) is 0 Å². The summed E-state index contributed by atoms with van der Waals surface area (Å²) in [6, 6.07) is 7.39. The molecule has 2 rings (SSSR count). The second kappa shape index (κ2) is 6.88. The van der Waals surface area contributed by atoms with Gasteiger partial charge in [0.05, 0.1) is 13.2 Å². The summed E-state index contributed by atoms with van der Waals surface area (Å²) in [5.41, 5.74) is 0.831. The largest absolute Gasteiger partial charge is 0.494 e. The van der Waals surface area contributed by atoms with Crippen LogP contribution in [0.1, 0.15) is 25.7 Å². The van der Waals surface area contributed by atoms with Crippen molar-refractivity contribution in [3.8, 4) is 5.75 Å². The van der Waals surface area contributed by atoms with E-state index in [1.54, 1.807) is 0 Å². The number of ether oxygens (including phenoxy) is 1. The fraction of sp³-hybridized carbons (Fsp3) is 0.357. The van der Waals surface area contributed by atoms with Crippen LogP contribution in [-0.4, -0.2) is 16.2 Å². The number of rotatable bonds is 7. The predicted octanol–water partition coefficient (Wildman–Crippen LogP) is 3.68. The van der Waals surface area contributed by atoms with Crippen molar-refractivity contribution in [1.82, 2.24) is 9.55 Å². The van der Waals surface area contributed by atoms with E-state index >= 15 is 0 Å². The molecular formula is C14H17F2N3O. The smallest absolute Gasteiger partial charge is 0.319 e. The molecule has 4 nitrogen and oxygen atoms in total. The van der Waals surface area contributed by atoms with Crippen molar-refractivity contribution in [3.05, 3.63) is 42.5 Å². The first-order valence-corrected chi connectivity index (χ1v) is 6.47. The summed E-state index contributed by atoms with van der Waals surface area (Å²) in [6.07, 6.45) is 3.59. The zero-order valence-electron chi connectivity index (χ0n) is 11.2. The molecule has 0 spiro atoms. The quantitative estimate of drug-likeness (QED) is 0.841. The minimum Gasteiger partial charge on any atom is -0.494 e. The van der Waals surface area contributed by atoms with Gasteiger partial charge in [-0.25, -0.2) is 4.98 Å². The second-order valence-corrected chi connectivity index (χ2v) is 4.25. The molecule has 0 bridgehead atoms. The molecule has 1 N–H and O–H groups in total. The number of halogens is 2. The molecule has 108 valence electrons. The maximum Gasteiger partial charge on any atom is 0.319 e. The summed E-state index contributed by atoms with van der Waals surface area (Å²) in [7, 11) is 0. The van der Waals surface area contributed by atoms with Crippen LogP contribution in [-0.2, 0) is 6.54 Å². The van der Waals surface area contributed by atoms with Crippen LogP contribution in [0, 0.1) is 0 Å². The van der Waals surface area contributed by atoms with Gasteiger partial charge in [0.25, 0.3) is 0 Å². The van der Waals surface area contributed by atoms with Crippen molar-refractivity contribution in [3.63, 3.8) is 0 Å². The summed E-state index contributed by atoms with van der Waals surface area (Å²) >= 11 is 0. The molecule has 2 aromatic rings. The number of aromatic nitrogens is 2. The molecule has 0 radical (unpaired) electrons. The molecule has 0 saturated heterocycles. The van der Waals surface area contributed by atoms with Crippen LogP contribution >= 0.6 is 0 Å². The highest BCUT2D eigenvalue weighted by molar-refractivity contribution is 5.46. The number of nitrogens with one attached hydrogen (secondary N) is 1. The molecule has 0 atom stereocenters. The van der Waals surface area contributed by atoms with Crippen LogP contribution in [0.2, 0.25) is 0 Å². The Labute approximate surface area is 116 Å². The van der Waals surface area contributed by atoms with E-state index in [2.05, 4.69) is 10.3 Å². The Kier molecular flexibility index (Phi) is 4.92. The number of benzene rings is 1. The monoisotopic (exact) mass is 281 g/mol. The number of hydrogen-bond donors (Lipinski definition) is 1. The number of imidazole rings is 1. The number of nitrogens with zero attached hydrogens (tertiary/aromatic N) is 2. The first kappa shape index (κ1) is 14.3. The minimum atomic E-state index is -2.57. The molecule has 1 aromatic carbocycles. The molecule has 0 amide bonds. The van der Waals surface area contributed by atoms with Crippen molar-refractivity contribution in [2.24, 2.45) is 0 Å². The van der Waals surface area contributed by atoms with E-state index in [1.807, 2.05) is 31.2 Å². The lowest BCUT2D eigenvalue weighted by Gasteiger charge is -2.10. The lowest BCUT2D eigenvalue weighted by atomic mass is 10.3. The topological polar surface area (TPSA) is 39.1 Å². The Hall–Kier alpha value is -2.11. The highest BCUT2D eigenvalue weighted by atomic mass is 19.3. The van der Waals surface area contributed by atoms with Crippen molar-refractivity contribution in [2.45, 2.75) is 26.4 Å². The SMILES string of the molecule is CCCOc1ccc(NCc2nccn2C(F)F)cc1. The summed E-state index contributed by atoms with van der Waals surface area (Å²) < 4.78 is 31.6. The highest BCUT2D eigenvalue weighted by Crippen LogP contribution is 2.17. The van der Waals surface area contributed by atoms with E-state index in [9.17, 15) is 8.78 Å². The molecule has 1 aromatic heterocycles. The van der Waals surface area contributed by atoms with Crippen LogP contribution in [0.3, 0.4) is 0 Å². The Bertz CT molecular complexity index is 525. The van der Waals surface area contributed by atoms with Gasteiger partial charge in [0.2, 0.25) is 0 Å². The van der Waals surface area contributed by atoms with Crippen LogP contribution in [0.15, 0.2) is 36.7 Å². The maximum atomic E-state index is 12.6. The van der Waals surface area contributed by atoms with E-state index in [0.29, 0.717) is 12.4 Å². The normalized spacial score (nSPS) is 10.8. The zero-order chi connectivity index (χ0) is 14.4. The van der Waals surface area contributed by atoms with Gasteiger partial charge < -0.3 is 10.1 Å². The van der Waals surface area contributed by atoms with Crippen LogP contribution in [0.5, 0.6) is 5.75 Å². The van der Waals surface area contributed by atoms with Crippen molar-refractivity contribution < 1.29 is 13.5 Å². The molecule has 0 aliphatic heterocycles. The lowest BCUT2D eigenvalue weighted by Crippen LogP contribution is -2.09. The van der Waals surface area contributed by atoms with Gasteiger partial charge in [0.15, 0.2) is 0 Å². The van der Waals surface area contributed by atoms with Crippen molar-refractivity contribution >= 4 is 5.69 Å². The number of anilines is 1. The highest BCUT2D eigenvalue weighted by Gasteiger charge is 2.10. The fourth-order valence-corrected chi connectivity index (χ4v) is 1.73. The van der Waals surface area contributed by atoms with Gasteiger partial charge in [-0.3, -0.25) is 4.57 Å². The van der Waals surface area contributed by atoms with Gasteiger partial charge in [0.1, 0.15) is 11.6 Å². The third-order valence-corrected chi connectivity index (χ3v) is 2.74. The molecule has 6 heteroatoms. The molecule has 0 aliphatic carbocycles. The van der Waals surface area contributed by atoms with Gasteiger partial charge in [-0.2, -0.15) is 8.78 Å². The Balaban J connectivity index is 1.92. The standard InChI is InChI=1S/C14H17F2N3O/c1-2-9-20-12-5-3-11(4-6-12)18-10-13-17-7-8-19(13)14(15)16/h3-8,14,18H,2,9-10H2,1H3. The third-order valence-electron chi connectivity index (χ3n) is 2.74. The first-order valence-electron chi connectivity index (χ1n) is 6.47. The van der Waals surface area contributed by atoms with Gasteiger partial charge in [-0.1, -0.05) is 6.92 Å². The lowest BCUT2D eigenvalue weighted by molar-refractivity contribution is 0.0673. The van der Waals surface area contributed by atoms with Crippen LogP contribution < -0.4 is 10.1 Å². The van der Waals surface area contributed by atoms with Gasteiger partial charge in [-0.15, -0.1) is 0 Å². The van der Waals surface area contributed by atoms with E-state index in [0.717, 1.165) is 22.4 Å². The van der Waals surface area contributed by atoms with Crippen molar-refractivity contribution in [1.29, 1.82) is 0 Å². The predicted molar refractivity (Wildman–Crippen MR) is 73.0 cm³/mol. The summed E-state index contributed by atoms with van der Waals surface area (Å²) in [4.78, 5) is 3.91. The maximum absolute atomic E-state index is 12.6. The van der Waals surface area contributed by atoms with E-state index < -0.39 is 6.55 Å². The van der Waals surface area contributed by atoms with E-state index in [4.69, 9.17) is 4.74 Å². The molecule has 1 heterocycles. The Morgan fingerprint density at radius 2 is 2.05 bits per heavy atom. The molecule has 0 aliphatic rings.